The van der Waals surface area contributed by atoms with Crippen molar-refractivity contribution in [2.24, 2.45) is 11.1 Å². The summed E-state index contributed by atoms with van der Waals surface area (Å²) < 4.78 is 0. The molecule has 0 aliphatic carbocycles. The summed E-state index contributed by atoms with van der Waals surface area (Å²) in [6.45, 7) is 4.08. The number of nitrogens with zero attached hydrogens (tertiary/aromatic N) is 1. The van der Waals surface area contributed by atoms with Gasteiger partial charge in [-0.05, 0) is 5.92 Å². The molecule has 10 heavy (non-hydrogen) atoms. The van der Waals surface area contributed by atoms with E-state index in [1.807, 2.05) is 13.8 Å². The van der Waals surface area contributed by atoms with Gasteiger partial charge in [0.1, 0.15) is 0 Å². The quantitative estimate of drug-likeness (QED) is 0.629. The maximum Gasteiger partial charge on any atom is 0.239 e. The van der Waals surface area contributed by atoms with E-state index in [0.29, 0.717) is 18.8 Å². The standard InChI is InChI=1S/C7H13NO2/c1-6(2)5-7(9)3-4-8-10-7/h4,6,9H,3,5H2,1-2H3. The number of hydrogen-bond acceptors (Lipinski definition) is 3. The third kappa shape index (κ3) is 1.70. The lowest BCUT2D eigenvalue weighted by Crippen LogP contribution is -2.29. The first-order valence-electron chi connectivity index (χ1n) is 3.55. The van der Waals surface area contributed by atoms with Gasteiger partial charge in [-0.15, -0.1) is 0 Å². The van der Waals surface area contributed by atoms with Crippen LogP contribution in [-0.4, -0.2) is 17.1 Å². The summed E-state index contributed by atoms with van der Waals surface area (Å²) in [4.78, 5) is 4.78. The minimum Gasteiger partial charge on any atom is -0.360 e. The van der Waals surface area contributed by atoms with Crippen LogP contribution in [0.3, 0.4) is 0 Å². The Balaban J connectivity index is 2.38. The molecule has 0 radical (unpaired) electrons. The molecule has 1 rings (SSSR count). The Morgan fingerprint density at radius 3 is 2.90 bits per heavy atom. The molecule has 1 N–H and O–H groups in total. The Hall–Kier alpha value is -0.570. The van der Waals surface area contributed by atoms with E-state index < -0.39 is 5.79 Å². The largest absolute Gasteiger partial charge is 0.360 e. The number of rotatable bonds is 2. The minimum atomic E-state index is -1.01. The average molecular weight is 143 g/mol. The van der Waals surface area contributed by atoms with Gasteiger partial charge in [-0.25, -0.2) is 0 Å². The molecule has 0 fully saturated rings. The maximum atomic E-state index is 9.51. The Morgan fingerprint density at radius 2 is 2.50 bits per heavy atom. The zero-order chi connectivity index (χ0) is 7.61. The van der Waals surface area contributed by atoms with Gasteiger partial charge in [0.2, 0.25) is 5.79 Å². The highest BCUT2D eigenvalue weighted by Crippen LogP contribution is 2.24. The van der Waals surface area contributed by atoms with E-state index in [-0.39, 0.29) is 0 Å². The molecule has 0 saturated carbocycles. The number of aliphatic hydroxyl groups is 1. The minimum absolute atomic E-state index is 0.437. The van der Waals surface area contributed by atoms with E-state index in [0.717, 1.165) is 0 Å². The molecular formula is C7H13NO2. The molecule has 0 amide bonds. The van der Waals surface area contributed by atoms with Crippen LogP contribution in [0.15, 0.2) is 5.16 Å². The van der Waals surface area contributed by atoms with Crippen molar-refractivity contribution in [3.63, 3.8) is 0 Å². The predicted molar refractivity (Wildman–Crippen MR) is 38.6 cm³/mol. The second-order valence-corrected chi connectivity index (χ2v) is 3.13. The van der Waals surface area contributed by atoms with Crippen molar-refractivity contribution < 1.29 is 9.94 Å². The second kappa shape index (κ2) is 2.58. The molecular weight excluding hydrogens is 130 g/mol. The summed E-state index contributed by atoms with van der Waals surface area (Å²) in [6.07, 6.45) is 2.76. The Kier molecular flexibility index (Phi) is 1.94. The van der Waals surface area contributed by atoms with Gasteiger partial charge >= 0.3 is 0 Å². The van der Waals surface area contributed by atoms with Crippen LogP contribution in [-0.2, 0) is 4.84 Å². The molecule has 0 bridgehead atoms. The third-order valence-electron chi connectivity index (χ3n) is 1.43. The van der Waals surface area contributed by atoms with Gasteiger partial charge < -0.3 is 9.94 Å². The Labute approximate surface area is 60.7 Å². The summed E-state index contributed by atoms with van der Waals surface area (Å²) in [7, 11) is 0. The predicted octanol–water partition coefficient (Wildman–Crippen LogP) is 1.13. The number of oxime groups is 1. The maximum absolute atomic E-state index is 9.51. The van der Waals surface area contributed by atoms with Crippen LogP contribution in [0.4, 0.5) is 0 Å². The van der Waals surface area contributed by atoms with Crippen molar-refractivity contribution in [3.05, 3.63) is 0 Å². The van der Waals surface area contributed by atoms with Crippen LogP contribution < -0.4 is 0 Å². The molecule has 3 nitrogen and oxygen atoms in total. The fourth-order valence-electron chi connectivity index (χ4n) is 1.11. The Bertz CT molecular complexity index is 135. The smallest absolute Gasteiger partial charge is 0.239 e. The van der Waals surface area contributed by atoms with Crippen molar-refractivity contribution in [1.82, 2.24) is 0 Å². The normalized spacial score (nSPS) is 31.2. The van der Waals surface area contributed by atoms with Crippen molar-refractivity contribution in [2.75, 3.05) is 0 Å². The van der Waals surface area contributed by atoms with Crippen LogP contribution in [0.5, 0.6) is 0 Å². The number of hydrogen-bond donors (Lipinski definition) is 1. The zero-order valence-electron chi connectivity index (χ0n) is 6.37. The summed E-state index contributed by atoms with van der Waals surface area (Å²) in [5, 5.41) is 13.0. The van der Waals surface area contributed by atoms with Crippen molar-refractivity contribution in [1.29, 1.82) is 0 Å². The first kappa shape index (κ1) is 7.54. The van der Waals surface area contributed by atoms with Gasteiger partial charge in [0, 0.05) is 6.42 Å². The van der Waals surface area contributed by atoms with E-state index in [4.69, 9.17) is 4.84 Å². The van der Waals surface area contributed by atoms with E-state index in [2.05, 4.69) is 5.16 Å². The highest BCUT2D eigenvalue weighted by Gasteiger charge is 2.32. The average Bonchev–Trinajstić information content (AvgIpc) is 2.12. The molecule has 0 aromatic heterocycles. The molecule has 1 heterocycles. The highest BCUT2D eigenvalue weighted by atomic mass is 16.7. The molecule has 1 aliphatic rings. The topological polar surface area (TPSA) is 41.8 Å². The summed E-state index contributed by atoms with van der Waals surface area (Å²) in [5.74, 6) is -0.569. The molecule has 0 saturated heterocycles. The summed E-state index contributed by atoms with van der Waals surface area (Å²) >= 11 is 0. The molecule has 0 aromatic carbocycles. The zero-order valence-corrected chi connectivity index (χ0v) is 6.37. The van der Waals surface area contributed by atoms with Crippen LogP contribution in [0, 0.1) is 5.92 Å². The van der Waals surface area contributed by atoms with Crippen LogP contribution in [0.25, 0.3) is 0 Å². The monoisotopic (exact) mass is 143 g/mol. The third-order valence-corrected chi connectivity index (χ3v) is 1.43. The first-order chi connectivity index (χ1) is 4.62. The van der Waals surface area contributed by atoms with Crippen molar-refractivity contribution in [2.45, 2.75) is 32.5 Å². The fraction of sp³-hybridized carbons (Fsp3) is 0.857. The molecule has 58 valence electrons. The lowest BCUT2D eigenvalue weighted by Gasteiger charge is -2.20. The van der Waals surface area contributed by atoms with E-state index in [1.54, 1.807) is 6.21 Å². The van der Waals surface area contributed by atoms with Crippen LogP contribution in [0.1, 0.15) is 26.7 Å². The van der Waals surface area contributed by atoms with Gasteiger partial charge in [0.05, 0.1) is 12.6 Å². The fourth-order valence-corrected chi connectivity index (χ4v) is 1.11. The SMILES string of the molecule is CC(C)CC1(O)CC=NO1. The molecule has 3 heteroatoms. The van der Waals surface area contributed by atoms with Gasteiger partial charge in [-0.1, -0.05) is 19.0 Å². The van der Waals surface area contributed by atoms with Gasteiger partial charge in [0.15, 0.2) is 0 Å². The van der Waals surface area contributed by atoms with Gasteiger partial charge in [0.25, 0.3) is 0 Å². The van der Waals surface area contributed by atoms with E-state index in [1.165, 1.54) is 0 Å². The van der Waals surface area contributed by atoms with Crippen molar-refractivity contribution in [3.8, 4) is 0 Å². The van der Waals surface area contributed by atoms with Crippen LogP contribution in [0.2, 0.25) is 0 Å². The molecule has 0 aromatic rings. The van der Waals surface area contributed by atoms with Crippen molar-refractivity contribution >= 4 is 6.21 Å². The lowest BCUT2D eigenvalue weighted by molar-refractivity contribution is -0.194. The molecule has 1 atom stereocenters. The van der Waals surface area contributed by atoms with Gasteiger partial charge in [-0.2, -0.15) is 0 Å². The molecule has 0 spiro atoms. The first-order valence-corrected chi connectivity index (χ1v) is 3.55. The van der Waals surface area contributed by atoms with E-state index in [9.17, 15) is 5.11 Å². The Morgan fingerprint density at radius 1 is 1.80 bits per heavy atom. The van der Waals surface area contributed by atoms with Crippen LogP contribution >= 0.6 is 0 Å². The lowest BCUT2D eigenvalue weighted by atomic mass is 10.0. The summed E-state index contributed by atoms with van der Waals surface area (Å²) in [5.41, 5.74) is 0. The molecule has 1 unspecified atom stereocenters. The van der Waals surface area contributed by atoms with E-state index >= 15 is 0 Å². The summed E-state index contributed by atoms with van der Waals surface area (Å²) in [6, 6.07) is 0. The van der Waals surface area contributed by atoms with Gasteiger partial charge in [-0.3, -0.25) is 0 Å². The molecule has 1 aliphatic heterocycles. The highest BCUT2D eigenvalue weighted by molar-refractivity contribution is 5.59. The second-order valence-electron chi connectivity index (χ2n) is 3.13.